The van der Waals surface area contributed by atoms with Gasteiger partial charge in [-0.25, -0.2) is 4.79 Å². The van der Waals surface area contributed by atoms with Gasteiger partial charge in [0.2, 0.25) is 0 Å². The highest BCUT2D eigenvalue weighted by atomic mass is 16.6. The van der Waals surface area contributed by atoms with Crippen LogP contribution < -0.4 is 0 Å². The molecule has 124 valence electrons. The predicted molar refractivity (Wildman–Crippen MR) is 75.8 cm³/mol. The molecule has 0 aliphatic carbocycles. The van der Waals surface area contributed by atoms with Crippen molar-refractivity contribution in [2.24, 2.45) is 5.92 Å². The van der Waals surface area contributed by atoms with Crippen molar-refractivity contribution in [1.29, 1.82) is 0 Å². The van der Waals surface area contributed by atoms with Crippen LogP contribution >= 0.6 is 0 Å². The molecule has 0 saturated carbocycles. The minimum absolute atomic E-state index is 0.181. The van der Waals surface area contributed by atoms with Gasteiger partial charge in [0.1, 0.15) is 13.2 Å². The number of nitro benzene ring substituents is 2. The van der Waals surface area contributed by atoms with Crippen LogP contribution in [-0.2, 0) is 14.3 Å². The Morgan fingerprint density at radius 1 is 1.00 bits per heavy atom. The molecule has 0 aromatic heterocycles. The van der Waals surface area contributed by atoms with Gasteiger partial charge in [0.25, 0.3) is 11.4 Å². The number of benzene rings is 1. The number of non-ortho nitro benzene ring substituents is 2. The molecule has 0 spiro atoms. The van der Waals surface area contributed by atoms with E-state index in [1.807, 2.05) is 0 Å². The van der Waals surface area contributed by atoms with Gasteiger partial charge in [-0.2, -0.15) is 0 Å². The van der Waals surface area contributed by atoms with Gasteiger partial charge in [0, 0.05) is 12.1 Å². The molecular weight excluding hydrogens is 312 g/mol. The van der Waals surface area contributed by atoms with Gasteiger partial charge in [-0.05, 0) is 0 Å². The fourth-order valence-corrected chi connectivity index (χ4v) is 1.45. The molecule has 0 radical (unpaired) electrons. The van der Waals surface area contributed by atoms with Gasteiger partial charge in [-0.1, -0.05) is 13.8 Å². The summed E-state index contributed by atoms with van der Waals surface area (Å²) in [6.45, 7) is 2.82. The van der Waals surface area contributed by atoms with Crippen LogP contribution in [-0.4, -0.2) is 35.0 Å². The molecule has 10 nitrogen and oxygen atoms in total. The molecule has 0 aliphatic heterocycles. The van der Waals surface area contributed by atoms with E-state index >= 15 is 0 Å². The largest absolute Gasteiger partial charge is 0.462 e. The molecule has 1 rings (SSSR count). The summed E-state index contributed by atoms with van der Waals surface area (Å²) in [5, 5.41) is 21.4. The van der Waals surface area contributed by atoms with Crippen LogP contribution in [0.5, 0.6) is 0 Å². The second kappa shape index (κ2) is 7.82. The van der Waals surface area contributed by atoms with E-state index in [0.29, 0.717) is 0 Å². The molecule has 23 heavy (non-hydrogen) atoms. The topological polar surface area (TPSA) is 139 Å². The Hall–Kier alpha value is -3.04. The van der Waals surface area contributed by atoms with Crippen LogP contribution in [0.3, 0.4) is 0 Å². The summed E-state index contributed by atoms with van der Waals surface area (Å²) in [6.07, 6.45) is 0. The second-order valence-corrected chi connectivity index (χ2v) is 4.71. The fourth-order valence-electron chi connectivity index (χ4n) is 1.45. The number of carbonyl (C=O) groups excluding carboxylic acids is 2. The minimum Gasteiger partial charge on any atom is -0.462 e. The molecule has 0 aliphatic rings. The van der Waals surface area contributed by atoms with Gasteiger partial charge >= 0.3 is 11.9 Å². The third-order valence-corrected chi connectivity index (χ3v) is 2.59. The van der Waals surface area contributed by atoms with E-state index in [2.05, 4.69) is 0 Å². The molecule has 0 atom stereocenters. The van der Waals surface area contributed by atoms with Crippen molar-refractivity contribution in [1.82, 2.24) is 0 Å². The second-order valence-electron chi connectivity index (χ2n) is 4.71. The highest BCUT2D eigenvalue weighted by Gasteiger charge is 2.20. The lowest BCUT2D eigenvalue weighted by molar-refractivity contribution is -0.394. The van der Waals surface area contributed by atoms with Gasteiger partial charge in [0.15, 0.2) is 0 Å². The number of hydrogen-bond acceptors (Lipinski definition) is 8. The standard InChI is InChI=1S/C13H14N2O8/c1-8(2)12(16)22-3-4-23-13(17)9-5-10(14(18)19)7-11(6-9)15(20)21/h5-8H,3-4H2,1-2H3. The average molecular weight is 326 g/mol. The Bertz CT molecular complexity index is 609. The zero-order valence-electron chi connectivity index (χ0n) is 12.4. The summed E-state index contributed by atoms with van der Waals surface area (Å²) in [4.78, 5) is 42.7. The zero-order valence-corrected chi connectivity index (χ0v) is 12.4. The van der Waals surface area contributed by atoms with Crippen LogP contribution in [0, 0.1) is 26.1 Å². The quantitative estimate of drug-likeness (QED) is 0.320. The lowest BCUT2D eigenvalue weighted by atomic mass is 10.2. The molecule has 1 aromatic carbocycles. The van der Waals surface area contributed by atoms with Crippen LogP contribution in [0.2, 0.25) is 0 Å². The van der Waals surface area contributed by atoms with Crippen molar-refractivity contribution < 1.29 is 28.9 Å². The molecule has 0 N–H and O–H groups in total. The van der Waals surface area contributed by atoms with E-state index in [1.54, 1.807) is 13.8 Å². The summed E-state index contributed by atoms with van der Waals surface area (Å²) in [6, 6.07) is 2.48. The maximum Gasteiger partial charge on any atom is 0.338 e. The Morgan fingerprint density at radius 3 is 1.91 bits per heavy atom. The van der Waals surface area contributed by atoms with E-state index in [4.69, 9.17) is 9.47 Å². The Kier molecular flexibility index (Phi) is 6.13. The van der Waals surface area contributed by atoms with Crippen molar-refractivity contribution in [3.63, 3.8) is 0 Å². The Morgan fingerprint density at radius 2 is 1.48 bits per heavy atom. The van der Waals surface area contributed by atoms with Crippen molar-refractivity contribution >= 4 is 23.3 Å². The van der Waals surface area contributed by atoms with E-state index < -0.39 is 33.2 Å². The third-order valence-electron chi connectivity index (χ3n) is 2.59. The predicted octanol–water partition coefficient (Wildman–Crippen LogP) is 1.86. The summed E-state index contributed by atoms with van der Waals surface area (Å²) in [7, 11) is 0. The maximum atomic E-state index is 11.8. The smallest absolute Gasteiger partial charge is 0.338 e. The summed E-state index contributed by atoms with van der Waals surface area (Å²) in [5.74, 6) is -1.78. The van der Waals surface area contributed by atoms with Gasteiger partial charge < -0.3 is 9.47 Å². The third kappa shape index (κ3) is 5.34. The van der Waals surface area contributed by atoms with E-state index in [-0.39, 0.29) is 24.7 Å². The summed E-state index contributed by atoms with van der Waals surface area (Å²) >= 11 is 0. The first kappa shape index (κ1) is 18.0. The fraction of sp³-hybridized carbons (Fsp3) is 0.385. The molecule has 1 aromatic rings. The van der Waals surface area contributed by atoms with Crippen LogP contribution in [0.4, 0.5) is 11.4 Å². The highest BCUT2D eigenvalue weighted by molar-refractivity contribution is 5.91. The van der Waals surface area contributed by atoms with Crippen molar-refractivity contribution in [2.45, 2.75) is 13.8 Å². The Labute approximate surface area is 130 Å². The Balaban J connectivity index is 2.74. The van der Waals surface area contributed by atoms with Crippen molar-refractivity contribution in [2.75, 3.05) is 13.2 Å². The first-order valence-electron chi connectivity index (χ1n) is 6.50. The molecule has 0 heterocycles. The van der Waals surface area contributed by atoms with E-state index in [9.17, 15) is 29.8 Å². The van der Waals surface area contributed by atoms with Crippen LogP contribution in [0.15, 0.2) is 18.2 Å². The van der Waals surface area contributed by atoms with Crippen LogP contribution in [0.25, 0.3) is 0 Å². The number of rotatable bonds is 7. The van der Waals surface area contributed by atoms with Crippen molar-refractivity contribution in [3.05, 3.63) is 44.0 Å². The summed E-state index contributed by atoms with van der Waals surface area (Å²) in [5.41, 5.74) is -1.53. The lowest BCUT2D eigenvalue weighted by Crippen LogP contribution is -2.17. The van der Waals surface area contributed by atoms with Gasteiger partial charge in [0.05, 0.1) is 27.4 Å². The SMILES string of the molecule is CC(C)C(=O)OCCOC(=O)c1cc([N+](=O)[O-])cc([N+](=O)[O-])c1. The first-order chi connectivity index (χ1) is 10.7. The van der Waals surface area contributed by atoms with E-state index in [1.165, 1.54) is 0 Å². The molecular formula is C13H14N2O8. The lowest BCUT2D eigenvalue weighted by Gasteiger charge is -2.08. The number of hydrogen-bond donors (Lipinski definition) is 0. The van der Waals surface area contributed by atoms with Crippen LogP contribution in [0.1, 0.15) is 24.2 Å². The van der Waals surface area contributed by atoms with Gasteiger partial charge in [-0.3, -0.25) is 25.0 Å². The zero-order chi connectivity index (χ0) is 17.6. The number of ether oxygens (including phenoxy) is 2. The first-order valence-corrected chi connectivity index (χ1v) is 6.50. The molecule has 10 heteroatoms. The molecule has 0 bridgehead atoms. The monoisotopic (exact) mass is 326 g/mol. The average Bonchev–Trinajstić information content (AvgIpc) is 2.50. The molecule has 0 saturated heterocycles. The number of nitrogens with zero attached hydrogens (tertiary/aromatic N) is 2. The van der Waals surface area contributed by atoms with Crippen molar-refractivity contribution in [3.8, 4) is 0 Å². The van der Waals surface area contributed by atoms with Gasteiger partial charge in [-0.15, -0.1) is 0 Å². The number of esters is 2. The maximum absolute atomic E-state index is 11.8. The molecule has 0 unspecified atom stereocenters. The number of carbonyl (C=O) groups is 2. The summed E-state index contributed by atoms with van der Waals surface area (Å²) < 4.78 is 9.55. The normalized spacial score (nSPS) is 10.2. The highest BCUT2D eigenvalue weighted by Crippen LogP contribution is 2.23. The molecule has 0 amide bonds. The molecule has 0 fully saturated rings. The number of nitro groups is 2. The van der Waals surface area contributed by atoms with E-state index in [0.717, 1.165) is 18.2 Å². The minimum atomic E-state index is -0.989.